The van der Waals surface area contributed by atoms with Crippen LogP contribution in [0.4, 0.5) is 5.69 Å². The Kier molecular flexibility index (Phi) is 5.67. The van der Waals surface area contributed by atoms with E-state index in [-0.39, 0.29) is 5.91 Å². The fourth-order valence-corrected chi connectivity index (χ4v) is 3.83. The number of nitrogens with zero attached hydrogens (tertiary/aromatic N) is 1. The third-order valence-corrected chi connectivity index (χ3v) is 5.94. The summed E-state index contributed by atoms with van der Waals surface area (Å²) in [6, 6.07) is 24.2. The van der Waals surface area contributed by atoms with E-state index in [0.29, 0.717) is 47.2 Å². The number of ether oxygens (including phenoxy) is 3. The molecule has 7 nitrogen and oxygen atoms in total. The van der Waals surface area contributed by atoms with Gasteiger partial charge in [-0.15, -0.1) is 0 Å². The SMILES string of the molecule is COc1ccc(-c2cc(C3(C(=O)Nc4ccc(Oc5ccccc5)cc4)CC3)no2)cc1OC. The summed E-state index contributed by atoms with van der Waals surface area (Å²) >= 11 is 0. The highest BCUT2D eigenvalue weighted by Crippen LogP contribution is 2.49. The van der Waals surface area contributed by atoms with Crippen molar-refractivity contribution in [3.05, 3.63) is 84.6 Å². The number of aromatic nitrogens is 1. The molecule has 4 aromatic rings. The molecule has 0 radical (unpaired) electrons. The van der Waals surface area contributed by atoms with Crippen LogP contribution in [0.25, 0.3) is 11.3 Å². The first-order valence-corrected chi connectivity index (χ1v) is 11.0. The van der Waals surface area contributed by atoms with Crippen LogP contribution in [0.3, 0.4) is 0 Å². The molecule has 34 heavy (non-hydrogen) atoms. The zero-order chi connectivity index (χ0) is 23.5. The molecule has 1 aliphatic carbocycles. The van der Waals surface area contributed by atoms with Gasteiger partial charge < -0.3 is 24.1 Å². The lowest BCUT2D eigenvalue weighted by Crippen LogP contribution is -2.28. The molecule has 1 saturated carbocycles. The van der Waals surface area contributed by atoms with E-state index in [0.717, 1.165) is 11.3 Å². The van der Waals surface area contributed by atoms with Gasteiger partial charge in [-0.1, -0.05) is 23.4 Å². The molecule has 0 atom stereocenters. The summed E-state index contributed by atoms with van der Waals surface area (Å²) in [5, 5.41) is 7.22. The van der Waals surface area contributed by atoms with Crippen LogP contribution in [0.1, 0.15) is 18.5 Å². The van der Waals surface area contributed by atoms with Crippen molar-refractivity contribution < 1.29 is 23.5 Å². The monoisotopic (exact) mass is 456 g/mol. The van der Waals surface area contributed by atoms with Crippen LogP contribution in [0.5, 0.6) is 23.0 Å². The molecule has 7 heteroatoms. The molecule has 1 aliphatic rings. The number of anilines is 1. The maximum atomic E-state index is 13.1. The topological polar surface area (TPSA) is 82.8 Å². The minimum absolute atomic E-state index is 0.101. The van der Waals surface area contributed by atoms with E-state index in [9.17, 15) is 4.79 Å². The average Bonchev–Trinajstić information content (AvgIpc) is 3.55. The second-order valence-electron chi connectivity index (χ2n) is 8.12. The Morgan fingerprint density at radius 1 is 0.882 bits per heavy atom. The van der Waals surface area contributed by atoms with Crippen molar-refractivity contribution >= 4 is 11.6 Å². The van der Waals surface area contributed by atoms with Gasteiger partial charge in [0, 0.05) is 17.3 Å². The summed E-state index contributed by atoms with van der Waals surface area (Å²) < 4.78 is 22.1. The number of hydrogen-bond donors (Lipinski definition) is 1. The van der Waals surface area contributed by atoms with E-state index < -0.39 is 5.41 Å². The first-order chi connectivity index (χ1) is 16.6. The molecule has 172 valence electrons. The third-order valence-electron chi connectivity index (χ3n) is 5.94. The van der Waals surface area contributed by atoms with Crippen LogP contribution < -0.4 is 19.5 Å². The van der Waals surface area contributed by atoms with Gasteiger partial charge in [-0.25, -0.2) is 0 Å². The molecule has 1 amide bonds. The van der Waals surface area contributed by atoms with Crippen molar-refractivity contribution in [2.45, 2.75) is 18.3 Å². The zero-order valence-corrected chi connectivity index (χ0v) is 18.9. The van der Waals surface area contributed by atoms with Crippen LogP contribution in [0.15, 0.2) is 83.4 Å². The summed E-state index contributed by atoms with van der Waals surface area (Å²) in [6.45, 7) is 0. The number of rotatable bonds is 8. The lowest BCUT2D eigenvalue weighted by Gasteiger charge is -2.13. The van der Waals surface area contributed by atoms with E-state index in [1.165, 1.54) is 0 Å². The van der Waals surface area contributed by atoms with E-state index in [2.05, 4.69) is 10.5 Å². The van der Waals surface area contributed by atoms with Crippen LogP contribution in [0, 0.1) is 0 Å². The third kappa shape index (κ3) is 4.20. The maximum Gasteiger partial charge on any atom is 0.236 e. The minimum Gasteiger partial charge on any atom is -0.493 e. The molecular formula is C27H24N2O5. The number of para-hydroxylation sites is 1. The molecule has 1 N–H and O–H groups in total. The van der Waals surface area contributed by atoms with Crippen molar-refractivity contribution in [1.29, 1.82) is 0 Å². The van der Waals surface area contributed by atoms with Gasteiger partial charge in [0.1, 0.15) is 11.5 Å². The van der Waals surface area contributed by atoms with Gasteiger partial charge in [0.25, 0.3) is 0 Å². The Bertz CT molecular complexity index is 1290. The fourth-order valence-electron chi connectivity index (χ4n) is 3.83. The zero-order valence-electron chi connectivity index (χ0n) is 18.9. The van der Waals surface area contributed by atoms with Gasteiger partial charge >= 0.3 is 0 Å². The summed E-state index contributed by atoms with van der Waals surface area (Å²) in [6.07, 6.45) is 1.43. The van der Waals surface area contributed by atoms with E-state index in [1.807, 2.05) is 72.8 Å². The standard InChI is InChI=1S/C27H24N2O5/c1-31-22-13-8-18(16-24(22)32-2)23-17-25(29-34-23)27(14-15-27)26(30)28-19-9-11-21(12-10-19)33-20-6-4-3-5-7-20/h3-13,16-17H,14-15H2,1-2H3,(H,28,30). The molecule has 0 aliphatic heterocycles. The van der Waals surface area contributed by atoms with Crippen LogP contribution in [-0.4, -0.2) is 25.3 Å². The number of nitrogens with one attached hydrogen (secondary N) is 1. The predicted molar refractivity (Wildman–Crippen MR) is 128 cm³/mol. The van der Waals surface area contributed by atoms with Gasteiger partial charge in [-0.05, 0) is 67.4 Å². The maximum absolute atomic E-state index is 13.1. The highest BCUT2D eigenvalue weighted by Gasteiger charge is 2.53. The number of carbonyl (C=O) groups excluding carboxylic acids is 1. The Morgan fingerprint density at radius 3 is 2.26 bits per heavy atom. The first kappa shape index (κ1) is 21.6. The largest absolute Gasteiger partial charge is 0.493 e. The van der Waals surface area contributed by atoms with Crippen molar-refractivity contribution in [2.75, 3.05) is 19.5 Å². The Hall–Kier alpha value is -4.26. The van der Waals surface area contributed by atoms with Crippen molar-refractivity contribution in [3.8, 4) is 34.3 Å². The second-order valence-corrected chi connectivity index (χ2v) is 8.12. The Morgan fingerprint density at radius 2 is 1.59 bits per heavy atom. The molecule has 0 saturated heterocycles. The fraction of sp³-hybridized carbons (Fsp3) is 0.185. The molecule has 5 rings (SSSR count). The van der Waals surface area contributed by atoms with Crippen molar-refractivity contribution in [1.82, 2.24) is 5.16 Å². The minimum atomic E-state index is -0.683. The van der Waals surface area contributed by atoms with Crippen LogP contribution in [0.2, 0.25) is 0 Å². The smallest absolute Gasteiger partial charge is 0.236 e. The van der Waals surface area contributed by atoms with Crippen molar-refractivity contribution in [3.63, 3.8) is 0 Å². The highest BCUT2D eigenvalue weighted by atomic mass is 16.5. The molecule has 1 heterocycles. The molecule has 1 fully saturated rings. The lowest BCUT2D eigenvalue weighted by atomic mass is 10.00. The Labute approximate surface area is 197 Å². The van der Waals surface area contributed by atoms with Crippen LogP contribution >= 0.6 is 0 Å². The van der Waals surface area contributed by atoms with E-state index >= 15 is 0 Å². The number of methoxy groups -OCH3 is 2. The molecule has 1 aromatic heterocycles. The van der Waals surface area contributed by atoms with Crippen LogP contribution in [-0.2, 0) is 10.2 Å². The first-order valence-electron chi connectivity index (χ1n) is 11.0. The second kappa shape index (κ2) is 8.94. The molecular weight excluding hydrogens is 432 g/mol. The van der Waals surface area contributed by atoms with E-state index in [1.54, 1.807) is 20.3 Å². The summed E-state index contributed by atoms with van der Waals surface area (Å²) in [5.41, 5.74) is 1.43. The van der Waals surface area contributed by atoms with E-state index in [4.69, 9.17) is 18.7 Å². The van der Waals surface area contributed by atoms with Gasteiger partial charge in [0.2, 0.25) is 5.91 Å². The van der Waals surface area contributed by atoms with Gasteiger partial charge in [0.15, 0.2) is 17.3 Å². The number of carbonyl (C=O) groups is 1. The Balaban J connectivity index is 1.29. The summed E-state index contributed by atoms with van der Waals surface area (Å²) in [5.74, 6) is 3.14. The molecule has 0 bridgehead atoms. The summed E-state index contributed by atoms with van der Waals surface area (Å²) in [4.78, 5) is 13.1. The average molecular weight is 456 g/mol. The predicted octanol–water partition coefficient (Wildman–Crippen LogP) is 5.82. The summed E-state index contributed by atoms with van der Waals surface area (Å²) in [7, 11) is 3.17. The number of benzene rings is 3. The lowest BCUT2D eigenvalue weighted by molar-refractivity contribution is -0.118. The molecule has 0 unspecified atom stereocenters. The van der Waals surface area contributed by atoms with Crippen molar-refractivity contribution in [2.24, 2.45) is 0 Å². The molecule has 3 aromatic carbocycles. The van der Waals surface area contributed by atoms with Gasteiger partial charge in [0.05, 0.1) is 25.3 Å². The highest BCUT2D eigenvalue weighted by molar-refractivity contribution is 6.01. The number of amides is 1. The quantitative estimate of drug-likeness (QED) is 0.360. The number of hydrogen-bond acceptors (Lipinski definition) is 6. The van der Waals surface area contributed by atoms with Gasteiger partial charge in [-0.2, -0.15) is 0 Å². The molecule has 0 spiro atoms. The van der Waals surface area contributed by atoms with Gasteiger partial charge in [-0.3, -0.25) is 4.79 Å². The normalized spacial score (nSPS) is 13.7.